The van der Waals surface area contributed by atoms with E-state index in [9.17, 15) is 19.7 Å². The summed E-state index contributed by atoms with van der Waals surface area (Å²) in [5, 5.41) is 16.6. The number of nitrogen functional groups attached to an aromatic ring is 1. The minimum absolute atomic E-state index is 0.0444. The van der Waals surface area contributed by atoms with Crippen LogP contribution in [0.1, 0.15) is 13.8 Å². The minimum Gasteiger partial charge on any atom is -0.497 e. The molecule has 1 atom stereocenters. The quantitative estimate of drug-likeness (QED) is 0.365. The molecule has 0 bridgehead atoms. The maximum Gasteiger partial charge on any atom is 0.412 e. The number of ether oxygens (including phenoxy) is 2. The van der Waals surface area contributed by atoms with Crippen LogP contribution in [0.3, 0.4) is 0 Å². The van der Waals surface area contributed by atoms with E-state index in [1.807, 2.05) is 12.1 Å². The van der Waals surface area contributed by atoms with Gasteiger partial charge in [0, 0.05) is 18.8 Å². The topological polar surface area (TPSA) is 162 Å². The van der Waals surface area contributed by atoms with Crippen LogP contribution in [0.5, 0.6) is 5.75 Å². The summed E-state index contributed by atoms with van der Waals surface area (Å²) >= 11 is 0. The van der Waals surface area contributed by atoms with Crippen LogP contribution in [-0.2, 0) is 9.53 Å². The highest BCUT2D eigenvalue weighted by atomic mass is 16.6. The Bertz CT molecular complexity index is 981. The minimum atomic E-state index is -0.799. The first-order valence-corrected chi connectivity index (χ1v) is 9.69. The number of rotatable bonds is 10. The van der Waals surface area contributed by atoms with E-state index in [0.717, 1.165) is 5.69 Å². The molecular formula is C20H26N6O6. The number of carbonyl (C=O) groups is 2. The Morgan fingerprint density at radius 1 is 1.31 bits per heavy atom. The monoisotopic (exact) mass is 446 g/mol. The van der Waals surface area contributed by atoms with Crippen LogP contribution >= 0.6 is 0 Å². The fraction of sp³-hybridized carbons (Fsp3) is 0.350. The number of nitrogens with two attached hydrogens (primary N) is 1. The number of methoxy groups -OCH3 is 1. The molecule has 1 aromatic carbocycles. The van der Waals surface area contributed by atoms with Crippen LogP contribution in [0.25, 0.3) is 0 Å². The van der Waals surface area contributed by atoms with Crippen molar-refractivity contribution in [3.63, 3.8) is 0 Å². The molecule has 1 amide bonds. The summed E-state index contributed by atoms with van der Waals surface area (Å²) in [6, 6.07) is 7.60. The Hall–Kier alpha value is -4.09. The van der Waals surface area contributed by atoms with Crippen LogP contribution in [0.2, 0.25) is 0 Å². The molecule has 0 fully saturated rings. The van der Waals surface area contributed by atoms with E-state index >= 15 is 0 Å². The number of nitro groups is 1. The van der Waals surface area contributed by atoms with E-state index in [1.165, 1.54) is 6.07 Å². The van der Waals surface area contributed by atoms with Gasteiger partial charge in [0.2, 0.25) is 5.82 Å². The van der Waals surface area contributed by atoms with Crippen molar-refractivity contribution in [2.45, 2.75) is 19.9 Å². The average Bonchev–Trinajstić information content (AvgIpc) is 2.73. The number of pyridine rings is 1. The summed E-state index contributed by atoms with van der Waals surface area (Å²) in [5.41, 5.74) is 5.96. The Labute approximate surface area is 184 Å². The zero-order chi connectivity index (χ0) is 23.8. The van der Waals surface area contributed by atoms with Gasteiger partial charge in [0.1, 0.15) is 17.3 Å². The number of Topliss-reactive ketones (excluding diaryl/α,β-unsaturated/α-hetero) is 1. The first-order valence-electron chi connectivity index (χ1n) is 9.69. The third-order valence-electron chi connectivity index (χ3n) is 4.47. The van der Waals surface area contributed by atoms with Gasteiger partial charge in [-0.25, -0.2) is 9.78 Å². The molecule has 0 spiro atoms. The van der Waals surface area contributed by atoms with Crippen molar-refractivity contribution in [3.8, 4) is 5.75 Å². The van der Waals surface area contributed by atoms with Gasteiger partial charge in [0.05, 0.1) is 31.2 Å². The molecule has 4 N–H and O–H groups in total. The van der Waals surface area contributed by atoms with Crippen molar-refractivity contribution >= 4 is 40.6 Å². The maximum absolute atomic E-state index is 12.7. The molecule has 12 heteroatoms. The molecule has 0 radical (unpaired) electrons. The predicted molar refractivity (Wildman–Crippen MR) is 120 cm³/mol. The normalized spacial score (nSPS) is 11.2. The lowest BCUT2D eigenvalue weighted by Crippen LogP contribution is -2.36. The number of nitrogens with one attached hydrogen (secondary N) is 2. The van der Waals surface area contributed by atoms with Gasteiger partial charge >= 0.3 is 11.8 Å². The molecule has 12 nitrogen and oxygen atoms in total. The number of nitrogens with zero attached hydrogens (tertiary/aromatic N) is 3. The third kappa shape index (κ3) is 6.20. The van der Waals surface area contributed by atoms with E-state index in [1.54, 1.807) is 45.0 Å². The number of aromatic nitrogens is 1. The summed E-state index contributed by atoms with van der Waals surface area (Å²) < 4.78 is 9.89. The van der Waals surface area contributed by atoms with Gasteiger partial charge in [-0.2, -0.15) is 0 Å². The van der Waals surface area contributed by atoms with Crippen LogP contribution in [0.4, 0.5) is 33.5 Å². The van der Waals surface area contributed by atoms with Crippen molar-refractivity contribution in [2.75, 3.05) is 48.6 Å². The van der Waals surface area contributed by atoms with Crippen LogP contribution in [0, 0.1) is 10.1 Å². The molecule has 2 aromatic rings. The Balaban J connectivity index is 2.17. The summed E-state index contributed by atoms with van der Waals surface area (Å²) in [6.45, 7) is 3.37. The number of ketones is 1. The number of benzene rings is 1. The number of hydrogen-bond acceptors (Lipinski definition) is 10. The predicted octanol–water partition coefficient (Wildman–Crippen LogP) is 2.65. The number of likely N-dealkylation sites (N-methyl/N-ethyl adjacent to an activating group) is 1. The zero-order valence-corrected chi connectivity index (χ0v) is 18.2. The Morgan fingerprint density at radius 2 is 1.97 bits per heavy atom. The fourth-order valence-electron chi connectivity index (χ4n) is 2.81. The second kappa shape index (κ2) is 10.8. The molecule has 0 aliphatic heterocycles. The van der Waals surface area contributed by atoms with Crippen molar-refractivity contribution in [2.24, 2.45) is 0 Å². The van der Waals surface area contributed by atoms with E-state index in [0.29, 0.717) is 5.75 Å². The summed E-state index contributed by atoms with van der Waals surface area (Å²) in [5.74, 6) is -0.00271. The molecule has 1 unspecified atom stereocenters. The largest absolute Gasteiger partial charge is 0.497 e. The van der Waals surface area contributed by atoms with E-state index < -0.39 is 28.6 Å². The number of carbonyl (C=O) groups excluding carboxylic acids is 2. The van der Waals surface area contributed by atoms with Gasteiger partial charge in [0.25, 0.3) is 0 Å². The average molecular weight is 446 g/mol. The van der Waals surface area contributed by atoms with Gasteiger partial charge in [-0.05, 0) is 38.1 Å². The standard InChI is InChI=1S/C20H26N6O6/c1-5-32-20(28)24-17-10-15(18(26(29)30)19(21)23-17)22-12(2)16(27)11-25(3)13-6-8-14(31-4)9-7-13/h6-10,12H,5,11H2,1-4H3,(H4,21,22,23,24,28). The lowest BCUT2D eigenvalue weighted by Gasteiger charge is -2.22. The summed E-state index contributed by atoms with van der Waals surface area (Å²) in [4.78, 5) is 40.7. The maximum atomic E-state index is 12.7. The highest BCUT2D eigenvalue weighted by molar-refractivity contribution is 5.92. The van der Waals surface area contributed by atoms with E-state index in [2.05, 4.69) is 15.6 Å². The lowest BCUT2D eigenvalue weighted by molar-refractivity contribution is -0.383. The first-order chi connectivity index (χ1) is 15.2. The van der Waals surface area contributed by atoms with Crippen molar-refractivity contribution in [1.82, 2.24) is 4.98 Å². The van der Waals surface area contributed by atoms with Gasteiger partial charge in [0.15, 0.2) is 5.78 Å². The third-order valence-corrected chi connectivity index (χ3v) is 4.47. The first kappa shape index (κ1) is 24.2. The number of anilines is 4. The summed E-state index contributed by atoms with van der Waals surface area (Å²) in [6.07, 6.45) is -0.788. The molecular weight excluding hydrogens is 420 g/mol. The second-order valence-corrected chi connectivity index (χ2v) is 6.78. The van der Waals surface area contributed by atoms with E-state index in [-0.39, 0.29) is 30.4 Å². The van der Waals surface area contributed by atoms with Gasteiger partial charge in [-0.1, -0.05) is 0 Å². The van der Waals surface area contributed by atoms with Crippen LogP contribution in [-0.4, -0.2) is 55.1 Å². The Kier molecular flexibility index (Phi) is 8.16. The summed E-state index contributed by atoms with van der Waals surface area (Å²) in [7, 11) is 3.31. The molecule has 0 aliphatic carbocycles. The molecule has 1 heterocycles. The van der Waals surface area contributed by atoms with E-state index in [4.69, 9.17) is 15.2 Å². The highest BCUT2D eigenvalue weighted by Crippen LogP contribution is 2.32. The van der Waals surface area contributed by atoms with Crippen molar-refractivity contribution in [1.29, 1.82) is 0 Å². The lowest BCUT2D eigenvalue weighted by atomic mass is 10.1. The molecule has 2 rings (SSSR count). The number of amides is 1. The van der Waals surface area contributed by atoms with Crippen molar-refractivity contribution in [3.05, 3.63) is 40.4 Å². The Morgan fingerprint density at radius 3 is 2.53 bits per heavy atom. The molecule has 32 heavy (non-hydrogen) atoms. The molecule has 172 valence electrons. The smallest absolute Gasteiger partial charge is 0.412 e. The van der Waals surface area contributed by atoms with Gasteiger partial charge in [-0.15, -0.1) is 0 Å². The fourth-order valence-corrected chi connectivity index (χ4v) is 2.81. The van der Waals surface area contributed by atoms with Crippen LogP contribution < -0.4 is 26.0 Å². The highest BCUT2D eigenvalue weighted by Gasteiger charge is 2.25. The van der Waals surface area contributed by atoms with Crippen molar-refractivity contribution < 1.29 is 24.0 Å². The SMILES string of the molecule is CCOC(=O)Nc1cc(NC(C)C(=O)CN(C)c2ccc(OC)cc2)c([N+](=O)[O-])c(N)n1. The zero-order valence-electron chi connectivity index (χ0n) is 18.2. The molecule has 0 saturated carbocycles. The molecule has 1 aromatic heterocycles. The number of hydrogen-bond donors (Lipinski definition) is 3. The second-order valence-electron chi connectivity index (χ2n) is 6.78. The molecule has 0 aliphatic rings. The van der Waals surface area contributed by atoms with Crippen LogP contribution in [0.15, 0.2) is 30.3 Å². The molecule has 0 saturated heterocycles. The van der Waals surface area contributed by atoms with Gasteiger partial charge < -0.3 is 25.4 Å². The van der Waals surface area contributed by atoms with Gasteiger partial charge in [-0.3, -0.25) is 20.2 Å².